The zero-order chi connectivity index (χ0) is 17.9. The number of benzene rings is 1. The van der Waals surface area contributed by atoms with Gasteiger partial charge < -0.3 is 9.80 Å². The Morgan fingerprint density at radius 3 is 2.54 bits per heavy atom. The highest BCUT2D eigenvalue weighted by Crippen LogP contribution is 2.23. The molecule has 140 valence electrons. The van der Waals surface area contributed by atoms with Gasteiger partial charge in [-0.05, 0) is 50.8 Å². The smallest absolute Gasteiger partial charge is 0.275 e. The molecule has 0 radical (unpaired) electrons. The summed E-state index contributed by atoms with van der Waals surface area (Å²) in [6.45, 7) is 8.23. The molecule has 2 saturated heterocycles. The number of fused-ring (bicyclic) bond motifs is 1. The van der Waals surface area contributed by atoms with Crippen LogP contribution in [0.1, 0.15) is 49.5 Å². The van der Waals surface area contributed by atoms with E-state index in [1.165, 1.54) is 32.4 Å². The van der Waals surface area contributed by atoms with Gasteiger partial charge in [0.2, 0.25) is 0 Å². The van der Waals surface area contributed by atoms with Gasteiger partial charge in [-0.15, -0.1) is 0 Å². The summed E-state index contributed by atoms with van der Waals surface area (Å²) in [5, 5.41) is 5.76. The fourth-order valence-corrected chi connectivity index (χ4v) is 4.24. The molecule has 2 fully saturated rings. The Bertz CT molecular complexity index is 754. The van der Waals surface area contributed by atoms with Gasteiger partial charge in [0, 0.05) is 25.0 Å². The van der Waals surface area contributed by atoms with Gasteiger partial charge in [-0.3, -0.25) is 9.48 Å². The van der Waals surface area contributed by atoms with Crippen LogP contribution in [0.5, 0.6) is 0 Å². The van der Waals surface area contributed by atoms with Crippen molar-refractivity contribution >= 4 is 16.8 Å². The molecule has 2 aromatic rings. The van der Waals surface area contributed by atoms with Crippen molar-refractivity contribution in [3.05, 3.63) is 30.0 Å². The van der Waals surface area contributed by atoms with Crippen molar-refractivity contribution in [1.82, 2.24) is 19.6 Å². The van der Waals surface area contributed by atoms with Gasteiger partial charge in [0.05, 0.1) is 12.1 Å². The van der Waals surface area contributed by atoms with Crippen LogP contribution in [0.25, 0.3) is 10.9 Å². The van der Waals surface area contributed by atoms with Gasteiger partial charge in [-0.1, -0.05) is 31.5 Å². The van der Waals surface area contributed by atoms with Gasteiger partial charge in [-0.2, -0.15) is 5.10 Å². The van der Waals surface area contributed by atoms with E-state index in [1.54, 1.807) is 0 Å². The van der Waals surface area contributed by atoms with Crippen LogP contribution >= 0.6 is 0 Å². The van der Waals surface area contributed by atoms with E-state index in [0.717, 1.165) is 55.8 Å². The van der Waals surface area contributed by atoms with Gasteiger partial charge in [-0.25, -0.2) is 0 Å². The third-order valence-electron chi connectivity index (χ3n) is 6.01. The molecule has 0 bridgehead atoms. The molecule has 0 unspecified atom stereocenters. The molecule has 2 aliphatic rings. The summed E-state index contributed by atoms with van der Waals surface area (Å²) < 4.78 is 2.05. The number of carbonyl (C=O) groups excluding carboxylic acids is 1. The standard InChI is InChI=1S/C21H30N4O/c1-17-9-13-24(14-10-17)21(26)20-18-7-3-4-8-19(18)25(22-20)16-15-23-11-5-2-6-12-23/h3-4,7-8,17H,2,5-6,9-16H2,1H3. The number of para-hydroxylation sites is 1. The second-order valence-corrected chi connectivity index (χ2v) is 7.97. The number of aromatic nitrogens is 2. The van der Waals surface area contributed by atoms with E-state index in [0.29, 0.717) is 5.69 Å². The molecule has 2 aliphatic heterocycles. The molecule has 4 rings (SSSR count). The molecule has 0 N–H and O–H groups in total. The van der Waals surface area contributed by atoms with E-state index in [-0.39, 0.29) is 5.91 Å². The van der Waals surface area contributed by atoms with Crippen molar-refractivity contribution in [2.75, 3.05) is 32.7 Å². The van der Waals surface area contributed by atoms with Crippen LogP contribution in [0.2, 0.25) is 0 Å². The average Bonchev–Trinajstić information content (AvgIpc) is 3.06. The fourth-order valence-electron chi connectivity index (χ4n) is 4.24. The van der Waals surface area contributed by atoms with Gasteiger partial charge in [0.25, 0.3) is 5.91 Å². The molecule has 0 aliphatic carbocycles. The summed E-state index contributed by atoms with van der Waals surface area (Å²) in [6.07, 6.45) is 6.15. The first-order valence-electron chi connectivity index (χ1n) is 10.2. The number of carbonyl (C=O) groups is 1. The van der Waals surface area contributed by atoms with E-state index in [4.69, 9.17) is 5.10 Å². The summed E-state index contributed by atoms with van der Waals surface area (Å²) >= 11 is 0. The Labute approximate surface area is 155 Å². The zero-order valence-electron chi connectivity index (χ0n) is 15.9. The van der Waals surface area contributed by atoms with E-state index >= 15 is 0 Å². The Kier molecular flexibility index (Phi) is 5.25. The number of rotatable bonds is 4. The highest BCUT2D eigenvalue weighted by molar-refractivity contribution is 6.04. The topological polar surface area (TPSA) is 41.4 Å². The van der Waals surface area contributed by atoms with Crippen LogP contribution in [0, 0.1) is 5.92 Å². The van der Waals surface area contributed by atoms with Crippen LogP contribution in [0.15, 0.2) is 24.3 Å². The lowest BCUT2D eigenvalue weighted by atomic mass is 9.99. The lowest BCUT2D eigenvalue weighted by Crippen LogP contribution is -2.38. The maximum atomic E-state index is 13.1. The largest absolute Gasteiger partial charge is 0.337 e. The Morgan fingerprint density at radius 2 is 1.77 bits per heavy atom. The summed E-state index contributed by atoms with van der Waals surface area (Å²) in [7, 11) is 0. The SMILES string of the molecule is CC1CCN(C(=O)c2nn(CCN3CCCCC3)c3ccccc23)CC1. The lowest BCUT2D eigenvalue weighted by Gasteiger charge is -2.29. The van der Waals surface area contributed by atoms with Crippen molar-refractivity contribution in [2.24, 2.45) is 5.92 Å². The fraction of sp³-hybridized carbons (Fsp3) is 0.619. The maximum Gasteiger partial charge on any atom is 0.275 e. The number of amides is 1. The van der Waals surface area contributed by atoms with Crippen LogP contribution in [0.4, 0.5) is 0 Å². The summed E-state index contributed by atoms with van der Waals surface area (Å²) in [5.74, 6) is 0.822. The van der Waals surface area contributed by atoms with Crippen molar-refractivity contribution < 1.29 is 4.79 Å². The van der Waals surface area contributed by atoms with E-state index in [9.17, 15) is 4.79 Å². The summed E-state index contributed by atoms with van der Waals surface area (Å²) in [6, 6.07) is 8.18. The average molecular weight is 354 g/mol. The Morgan fingerprint density at radius 1 is 1.04 bits per heavy atom. The van der Waals surface area contributed by atoms with Gasteiger partial charge >= 0.3 is 0 Å². The number of hydrogen-bond acceptors (Lipinski definition) is 3. The van der Waals surface area contributed by atoms with Gasteiger partial charge in [0.1, 0.15) is 0 Å². The summed E-state index contributed by atoms with van der Waals surface area (Å²) in [5.41, 5.74) is 1.71. The molecule has 0 spiro atoms. The van der Waals surface area contributed by atoms with Crippen LogP contribution < -0.4 is 0 Å². The molecule has 0 atom stereocenters. The number of nitrogens with zero attached hydrogens (tertiary/aromatic N) is 4. The minimum Gasteiger partial charge on any atom is -0.337 e. The highest BCUT2D eigenvalue weighted by Gasteiger charge is 2.25. The first kappa shape index (κ1) is 17.5. The van der Waals surface area contributed by atoms with Crippen molar-refractivity contribution in [1.29, 1.82) is 0 Å². The maximum absolute atomic E-state index is 13.1. The minimum atomic E-state index is 0.102. The normalized spacial score (nSPS) is 20.0. The number of hydrogen-bond donors (Lipinski definition) is 0. The van der Waals surface area contributed by atoms with Crippen molar-refractivity contribution in [3.63, 3.8) is 0 Å². The van der Waals surface area contributed by atoms with Crippen LogP contribution in [-0.4, -0.2) is 58.2 Å². The van der Waals surface area contributed by atoms with Crippen LogP contribution in [-0.2, 0) is 6.54 Å². The monoisotopic (exact) mass is 354 g/mol. The first-order chi connectivity index (χ1) is 12.7. The van der Waals surface area contributed by atoms with Crippen molar-refractivity contribution in [3.8, 4) is 0 Å². The number of piperidine rings is 2. The Balaban J connectivity index is 1.54. The lowest BCUT2D eigenvalue weighted by molar-refractivity contribution is 0.0692. The molecule has 5 heteroatoms. The second-order valence-electron chi connectivity index (χ2n) is 7.97. The van der Waals surface area contributed by atoms with E-state index in [2.05, 4.69) is 17.9 Å². The molecule has 0 saturated carbocycles. The van der Waals surface area contributed by atoms with Gasteiger partial charge in [0.15, 0.2) is 5.69 Å². The third-order valence-corrected chi connectivity index (χ3v) is 6.01. The first-order valence-corrected chi connectivity index (χ1v) is 10.2. The third kappa shape index (κ3) is 3.63. The zero-order valence-corrected chi connectivity index (χ0v) is 15.9. The van der Waals surface area contributed by atoms with Crippen molar-refractivity contribution in [2.45, 2.75) is 45.6 Å². The van der Waals surface area contributed by atoms with Crippen LogP contribution in [0.3, 0.4) is 0 Å². The molecule has 3 heterocycles. The molecule has 5 nitrogen and oxygen atoms in total. The quantitative estimate of drug-likeness (QED) is 0.845. The predicted molar refractivity (Wildman–Crippen MR) is 104 cm³/mol. The summed E-state index contributed by atoms with van der Waals surface area (Å²) in [4.78, 5) is 17.6. The Hall–Kier alpha value is -1.88. The predicted octanol–water partition coefficient (Wildman–Crippen LogP) is 3.39. The highest BCUT2D eigenvalue weighted by atomic mass is 16.2. The minimum absolute atomic E-state index is 0.102. The molecule has 26 heavy (non-hydrogen) atoms. The number of likely N-dealkylation sites (tertiary alicyclic amines) is 2. The van der Waals surface area contributed by atoms with E-state index in [1.807, 2.05) is 27.8 Å². The molecule has 1 aromatic carbocycles. The molecular formula is C21H30N4O. The molecule has 1 aromatic heterocycles. The second kappa shape index (κ2) is 7.78. The molecular weight excluding hydrogens is 324 g/mol. The van der Waals surface area contributed by atoms with E-state index < -0.39 is 0 Å². The molecule has 1 amide bonds.